The van der Waals surface area contributed by atoms with Crippen LogP contribution in [0.15, 0.2) is 121 Å². The third kappa shape index (κ3) is 21.2. The minimum absolute atomic E-state index is 0. The fourth-order valence-electron chi connectivity index (χ4n) is 5.84. The van der Waals surface area contributed by atoms with Crippen LogP contribution in [0.25, 0.3) is 0 Å². The molecule has 1 aliphatic heterocycles. The zero-order valence-corrected chi connectivity index (χ0v) is 37.7. The monoisotopic (exact) mass is 938 g/mol. The Morgan fingerprint density at radius 2 is 0.492 bits per heavy atom. The minimum atomic E-state index is -0.182. The van der Waals surface area contributed by atoms with E-state index in [4.69, 9.17) is 0 Å². The maximum atomic E-state index is 11.1. The number of ketones is 8. The number of hydrogen-bond acceptors (Lipinski definition) is 9. The maximum Gasteiger partial charge on any atom is 3.00 e. The van der Waals surface area contributed by atoms with Crippen LogP contribution in [0.4, 0.5) is 0 Å². The summed E-state index contributed by atoms with van der Waals surface area (Å²) in [7, 11) is 0. The van der Waals surface area contributed by atoms with Crippen molar-refractivity contribution in [3.8, 4) is 0 Å². The number of nitrogens with one attached hydrogen (secondary N) is 1. The van der Waals surface area contributed by atoms with Crippen LogP contribution < -0.4 is 5.32 Å². The van der Waals surface area contributed by atoms with Crippen molar-refractivity contribution in [1.82, 2.24) is 5.32 Å². The molecule has 312 valence electrons. The quantitative estimate of drug-likeness (QED) is 0.111. The number of rotatable bonds is 12. The smallest absolute Gasteiger partial charge is 0.317 e. The first-order chi connectivity index (χ1) is 27.5. The summed E-state index contributed by atoms with van der Waals surface area (Å²) in [5, 5.41) is 3.28. The second kappa shape index (κ2) is 30.3. The zero-order chi connectivity index (χ0) is 43.6. The molecule has 0 atom stereocenters. The fraction of sp³-hybridized carbons (Fsp3) is 0.265. The Labute approximate surface area is 391 Å². The van der Waals surface area contributed by atoms with E-state index in [1.165, 1.54) is 87.7 Å². The van der Waals surface area contributed by atoms with Crippen molar-refractivity contribution in [2.24, 2.45) is 0 Å². The Balaban J connectivity index is 0.000000721. The predicted octanol–water partition coefficient (Wildman–Crippen LogP) is 7.91. The molecule has 9 nitrogen and oxygen atoms in total. The molecule has 59 heavy (non-hydrogen) atoms. The summed E-state index contributed by atoms with van der Waals surface area (Å²) in [6, 6.07) is 35.9. The Morgan fingerprint density at radius 3 is 0.593 bits per heavy atom. The van der Waals surface area contributed by atoms with E-state index in [1.807, 2.05) is 24.3 Å². The van der Waals surface area contributed by atoms with Crippen LogP contribution in [0.1, 0.15) is 96.9 Å². The van der Waals surface area contributed by atoms with Crippen molar-refractivity contribution < 1.29 is 87.7 Å². The second-order valence-electron chi connectivity index (χ2n) is 13.2. The van der Waals surface area contributed by atoms with Crippen molar-refractivity contribution in [1.29, 1.82) is 0 Å². The summed E-state index contributed by atoms with van der Waals surface area (Å²) in [5.74, 6) is -0.341. The van der Waals surface area contributed by atoms with Gasteiger partial charge in [0.2, 0.25) is 0 Å². The van der Waals surface area contributed by atoms with Crippen LogP contribution in [0.2, 0.25) is 0 Å². The molecule has 0 unspecified atom stereocenters. The molecule has 10 heteroatoms. The Morgan fingerprint density at radius 1 is 0.322 bits per heavy atom. The number of Topliss-reactive ketones (excluding diaryl/α,β-unsaturated/α-hetero) is 8. The predicted molar refractivity (Wildman–Crippen MR) is 227 cm³/mol. The van der Waals surface area contributed by atoms with Crippen LogP contribution in [-0.2, 0) is 38.4 Å². The number of hydrogen-bond donors (Lipinski definition) is 1. The molecule has 0 aromatic heterocycles. The van der Waals surface area contributed by atoms with Gasteiger partial charge in [0.1, 0.15) is 46.3 Å². The molecule has 4 aromatic rings. The van der Waals surface area contributed by atoms with E-state index in [2.05, 4.69) is 5.32 Å². The molecule has 4 aromatic carbocycles. The molecule has 1 N–H and O–H groups in total. The molecule has 0 spiro atoms. The Hall–Kier alpha value is -4.74. The number of carbonyl (C=O) groups excluding carboxylic acids is 8. The van der Waals surface area contributed by atoms with Gasteiger partial charge < -0.3 is 43.7 Å². The van der Waals surface area contributed by atoms with Crippen molar-refractivity contribution in [2.75, 3.05) is 13.1 Å². The van der Waals surface area contributed by atoms with E-state index in [0.29, 0.717) is 22.3 Å². The molecule has 0 bridgehead atoms. The van der Waals surface area contributed by atoms with Gasteiger partial charge in [0.05, 0.1) is 0 Å². The third-order valence-electron chi connectivity index (χ3n) is 8.27. The normalized spacial score (nSPS) is 10.7. The van der Waals surface area contributed by atoms with E-state index >= 15 is 0 Å². The van der Waals surface area contributed by atoms with Crippen LogP contribution >= 0.6 is 0 Å². The first-order valence-corrected chi connectivity index (χ1v) is 19.0. The molecule has 1 saturated heterocycles. The molecule has 0 aliphatic carbocycles. The summed E-state index contributed by atoms with van der Waals surface area (Å²) in [5.41, 5.74) is 2.79. The fourth-order valence-corrected chi connectivity index (χ4v) is 5.84. The van der Waals surface area contributed by atoms with Gasteiger partial charge in [-0.3, -0.25) is 0 Å². The topological polar surface area (TPSA) is 149 Å². The number of carbonyl (C=O) groups is 8. The minimum Gasteiger partial charge on any atom is -0.317 e. The van der Waals surface area contributed by atoms with E-state index < -0.39 is 0 Å². The summed E-state index contributed by atoms with van der Waals surface area (Å²) in [6.07, 6.45) is 4.22. The SMILES string of the molecule is C1CCNCC1.CC(=O)[C-](C(C)=O)c1ccccc1.CC(=O)[C-](C(C)=O)c1ccccc1.CC(=O)[C-](C(C)=O)c1ccccc1.CC(=O)[C-](C(C)=O)c1ccccc1.[Eu+3]. The van der Waals surface area contributed by atoms with Crippen molar-refractivity contribution >= 4 is 46.3 Å². The van der Waals surface area contributed by atoms with Crippen LogP contribution in [0, 0.1) is 73.0 Å². The van der Waals surface area contributed by atoms with Gasteiger partial charge in [-0.15, -0.1) is 48.5 Å². The first kappa shape index (κ1) is 54.3. The third-order valence-corrected chi connectivity index (χ3v) is 8.27. The van der Waals surface area contributed by atoms with E-state index in [9.17, 15) is 38.4 Å². The maximum absolute atomic E-state index is 11.1. The Bertz CT molecular complexity index is 1570. The summed E-state index contributed by atoms with van der Waals surface area (Å²) >= 11 is 0. The van der Waals surface area contributed by atoms with Gasteiger partial charge in [0.25, 0.3) is 0 Å². The van der Waals surface area contributed by atoms with Gasteiger partial charge >= 0.3 is 49.4 Å². The summed E-state index contributed by atoms with van der Waals surface area (Å²) in [4.78, 5) is 89.0. The number of benzene rings is 4. The number of piperidine rings is 1. The van der Waals surface area contributed by atoms with Gasteiger partial charge in [-0.2, -0.15) is 70.8 Å². The van der Waals surface area contributed by atoms with E-state index in [0.717, 1.165) is 0 Å². The van der Waals surface area contributed by atoms with Crippen molar-refractivity contribution in [3.05, 3.63) is 167 Å². The summed E-state index contributed by atoms with van der Waals surface area (Å²) in [6.45, 7) is 13.8. The standard InChI is InChI=1S/4C11H11O2.C5H11N.Eu/c4*1-8(12)11(9(2)13)10-6-4-3-5-7-10;1-2-4-6-5-3-1;/h4*3-7H,1-2H3;6H,1-5H2;/q4*-1;;+3. The van der Waals surface area contributed by atoms with Gasteiger partial charge in [0, 0.05) is 0 Å². The van der Waals surface area contributed by atoms with E-state index in [-0.39, 0.29) is 119 Å². The average molecular weight is 938 g/mol. The van der Waals surface area contributed by atoms with Crippen molar-refractivity contribution in [2.45, 2.75) is 74.7 Å². The molecule has 1 fully saturated rings. The molecular formula is C49H55EuNO8-. The van der Waals surface area contributed by atoms with Gasteiger partial charge in [-0.05, 0) is 105 Å². The molecule has 5 rings (SSSR count). The van der Waals surface area contributed by atoms with E-state index in [1.54, 1.807) is 97.1 Å². The first-order valence-electron chi connectivity index (χ1n) is 19.0. The molecule has 0 amide bonds. The molecule has 1 heterocycles. The molecule has 1 aliphatic rings. The molecule has 0 saturated carbocycles. The zero-order valence-electron chi connectivity index (χ0n) is 35.2. The summed E-state index contributed by atoms with van der Waals surface area (Å²) < 4.78 is 0. The Kier molecular flexibility index (Phi) is 27.9. The molecule has 0 radical (unpaired) electrons. The van der Waals surface area contributed by atoms with Gasteiger partial charge in [-0.1, -0.05) is 30.7 Å². The largest absolute Gasteiger partial charge is 3.00 e. The van der Waals surface area contributed by atoms with Crippen LogP contribution in [-0.4, -0.2) is 59.4 Å². The second-order valence-corrected chi connectivity index (χ2v) is 13.2. The average Bonchev–Trinajstić information content (AvgIpc) is 3.17. The van der Waals surface area contributed by atoms with Crippen LogP contribution in [0.3, 0.4) is 0 Å². The van der Waals surface area contributed by atoms with Crippen molar-refractivity contribution in [3.63, 3.8) is 0 Å². The molecular weight excluding hydrogens is 883 g/mol. The van der Waals surface area contributed by atoms with Gasteiger partial charge in [-0.25, -0.2) is 0 Å². The van der Waals surface area contributed by atoms with Crippen LogP contribution in [0.5, 0.6) is 0 Å². The van der Waals surface area contributed by atoms with Gasteiger partial charge in [0.15, 0.2) is 0 Å².